The molecular formula is C30H43NO7S. The third-order valence-electron chi connectivity index (χ3n) is 5.21. The van der Waals surface area contributed by atoms with Crippen LogP contribution in [0, 0.1) is 6.92 Å². The molecule has 0 amide bonds. The number of aromatic hydroxyl groups is 1. The smallest absolute Gasteiger partial charge is 0.332 e. The van der Waals surface area contributed by atoms with Crippen LogP contribution in [0.25, 0.3) is 10.1 Å². The van der Waals surface area contributed by atoms with Gasteiger partial charge in [-0.1, -0.05) is 13.8 Å². The van der Waals surface area contributed by atoms with Crippen LogP contribution in [0.1, 0.15) is 39.5 Å². The Morgan fingerprint density at radius 1 is 0.923 bits per heavy atom. The Morgan fingerprint density at radius 3 is 2.26 bits per heavy atom. The number of fused-ring (bicyclic) bond motifs is 1. The second kappa shape index (κ2) is 16.3. The molecule has 39 heavy (non-hydrogen) atoms. The first-order valence-electron chi connectivity index (χ1n) is 13.3. The fraction of sp³-hybridized carbons (Fsp3) is 0.500. The molecule has 3 aromatic rings. The molecule has 0 aliphatic heterocycles. The SMILES string of the molecule is CC.Cc1sc2cc(O)ccc2c1Oc1ccc(OCCN(C)CCOCCOCC(=O)OC(C)(C)C)cc1. The molecule has 3 rings (SSSR count). The molecule has 1 N–H and O–H groups in total. The fourth-order valence-corrected chi connectivity index (χ4v) is 4.46. The van der Waals surface area contributed by atoms with Crippen LogP contribution in [0.15, 0.2) is 42.5 Å². The minimum atomic E-state index is -0.505. The molecule has 1 heterocycles. The van der Waals surface area contributed by atoms with Gasteiger partial charge >= 0.3 is 5.97 Å². The van der Waals surface area contributed by atoms with E-state index in [0.717, 1.165) is 45.3 Å². The first-order valence-corrected chi connectivity index (χ1v) is 14.1. The Labute approximate surface area is 236 Å². The quantitative estimate of drug-likeness (QED) is 0.178. The van der Waals surface area contributed by atoms with E-state index < -0.39 is 5.60 Å². The van der Waals surface area contributed by atoms with Crippen molar-refractivity contribution in [3.63, 3.8) is 0 Å². The Bertz CT molecular complexity index is 1140. The Morgan fingerprint density at radius 2 is 1.56 bits per heavy atom. The Balaban J connectivity index is 0.00000260. The molecule has 2 aromatic carbocycles. The molecule has 0 saturated carbocycles. The molecule has 0 fully saturated rings. The standard InChI is InChI=1S/C28H37NO7S.C2H6/c1-20-27(24-11-6-21(30)18-25(24)37-20)35-23-9-7-22(8-10-23)34-15-13-29(5)12-14-32-16-17-33-19-26(31)36-28(2,3)4;1-2/h6-11,18,30H,12-17,19H2,1-5H3;1-2H3. The van der Waals surface area contributed by atoms with E-state index in [-0.39, 0.29) is 18.3 Å². The summed E-state index contributed by atoms with van der Waals surface area (Å²) in [5.41, 5.74) is -0.505. The molecule has 0 atom stereocenters. The molecule has 9 heteroatoms. The number of rotatable bonds is 14. The van der Waals surface area contributed by atoms with Crippen LogP contribution in [0.5, 0.6) is 23.0 Å². The highest BCUT2D eigenvalue weighted by Gasteiger charge is 2.16. The first-order chi connectivity index (χ1) is 18.6. The summed E-state index contributed by atoms with van der Waals surface area (Å²) in [6.45, 7) is 14.8. The van der Waals surface area contributed by atoms with Gasteiger partial charge in [0.05, 0.1) is 19.8 Å². The first kappa shape index (κ1) is 32.4. The molecular weight excluding hydrogens is 518 g/mol. The topological polar surface area (TPSA) is 86.7 Å². The van der Waals surface area contributed by atoms with Gasteiger partial charge in [-0.3, -0.25) is 0 Å². The van der Waals surface area contributed by atoms with Crippen LogP contribution >= 0.6 is 11.3 Å². The molecule has 1 aromatic heterocycles. The van der Waals surface area contributed by atoms with E-state index in [1.165, 1.54) is 0 Å². The number of thiophene rings is 1. The lowest BCUT2D eigenvalue weighted by Gasteiger charge is -2.19. The van der Waals surface area contributed by atoms with Gasteiger partial charge in [0.15, 0.2) is 0 Å². The third kappa shape index (κ3) is 11.8. The lowest BCUT2D eigenvalue weighted by Crippen LogP contribution is -2.28. The third-order valence-corrected chi connectivity index (χ3v) is 6.26. The second-order valence-corrected chi connectivity index (χ2v) is 10.9. The summed E-state index contributed by atoms with van der Waals surface area (Å²) in [5, 5.41) is 10.7. The predicted octanol–water partition coefficient (Wildman–Crippen LogP) is 6.42. The number of phenols is 1. The van der Waals surface area contributed by atoms with Crippen molar-refractivity contribution in [3.05, 3.63) is 47.3 Å². The van der Waals surface area contributed by atoms with Crippen LogP contribution in [-0.2, 0) is 19.0 Å². The van der Waals surface area contributed by atoms with Crippen molar-refractivity contribution in [1.29, 1.82) is 0 Å². The van der Waals surface area contributed by atoms with Gasteiger partial charge in [-0.05, 0) is 77.2 Å². The monoisotopic (exact) mass is 561 g/mol. The Kier molecular flexibility index (Phi) is 13.5. The number of hydrogen-bond donors (Lipinski definition) is 1. The number of carbonyl (C=O) groups excluding carboxylic acids is 1. The largest absolute Gasteiger partial charge is 0.508 e. The summed E-state index contributed by atoms with van der Waals surface area (Å²) in [6, 6.07) is 12.9. The van der Waals surface area contributed by atoms with Crippen molar-refractivity contribution in [1.82, 2.24) is 4.90 Å². The molecule has 216 valence electrons. The summed E-state index contributed by atoms with van der Waals surface area (Å²) < 4.78 is 29.0. The zero-order valence-corrected chi connectivity index (χ0v) is 25.1. The number of aryl methyl sites for hydroxylation is 1. The van der Waals surface area contributed by atoms with Gasteiger partial charge < -0.3 is 33.7 Å². The van der Waals surface area contributed by atoms with E-state index in [4.69, 9.17) is 23.7 Å². The minimum Gasteiger partial charge on any atom is -0.508 e. The van der Waals surface area contributed by atoms with Gasteiger partial charge in [0.2, 0.25) is 0 Å². The normalized spacial score (nSPS) is 11.3. The zero-order chi connectivity index (χ0) is 28.8. The van der Waals surface area contributed by atoms with E-state index in [1.54, 1.807) is 23.5 Å². The van der Waals surface area contributed by atoms with Gasteiger partial charge in [0, 0.05) is 28.1 Å². The number of ether oxygens (including phenoxy) is 5. The molecule has 0 bridgehead atoms. The molecule has 0 spiro atoms. The number of benzene rings is 2. The predicted molar refractivity (Wildman–Crippen MR) is 157 cm³/mol. The van der Waals surface area contributed by atoms with Gasteiger partial charge in [0.25, 0.3) is 0 Å². The number of likely N-dealkylation sites (N-methyl/N-ethyl adjacent to an activating group) is 1. The van der Waals surface area contributed by atoms with Crippen LogP contribution in [-0.4, -0.2) is 74.7 Å². The maximum absolute atomic E-state index is 11.6. The maximum atomic E-state index is 11.6. The number of phenolic OH excluding ortho intramolecular Hbond substituents is 1. The minimum absolute atomic E-state index is 0.0686. The van der Waals surface area contributed by atoms with Crippen LogP contribution in [0.4, 0.5) is 0 Å². The zero-order valence-electron chi connectivity index (χ0n) is 24.2. The molecule has 8 nitrogen and oxygen atoms in total. The van der Waals surface area contributed by atoms with Gasteiger partial charge in [-0.25, -0.2) is 4.79 Å². The van der Waals surface area contributed by atoms with E-state index >= 15 is 0 Å². The molecule has 0 unspecified atom stereocenters. The van der Waals surface area contributed by atoms with Crippen molar-refractivity contribution in [2.75, 3.05) is 53.2 Å². The van der Waals surface area contributed by atoms with Gasteiger partial charge in [0.1, 0.15) is 41.8 Å². The summed E-state index contributed by atoms with van der Waals surface area (Å²) >= 11 is 1.60. The maximum Gasteiger partial charge on any atom is 0.332 e. The number of hydrogen-bond acceptors (Lipinski definition) is 9. The highest BCUT2D eigenvalue weighted by atomic mass is 32.1. The van der Waals surface area contributed by atoms with Crippen LogP contribution < -0.4 is 9.47 Å². The van der Waals surface area contributed by atoms with Crippen molar-refractivity contribution >= 4 is 27.4 Å². The summed E-state index contributed by atoms with van der Waals surface area (Å²) in [5.74, 6) is 2.19. The van der Waals surface area contributed by atoms with Crippen LogP contribution in [0.2, 0.25) is 0 Å². The molecule has 0 saturated heterocycles. The number of nitrogens with zero attached hydrogens (tertiary/aromatic N) is 1. The van der Waals surface area contributed by atoms with E-state index in [2.05, 4.69) is 4.90 Å². The number of carbonyl (C=O) groups is 1. The summed E-state index contributed by atoms with van der Waals surface area (Å²) in [7, 11) is 2.01. The molecule has 0 aliphatic rings. The van der Waals surface area contributed by atoms with E-state index in [0.29, 0.717) is 26.4 Å². The van der Waals surface area contributed by atoms with Crippen molar-refractivity contribution in [2.24, 2.45) is 0 Å². The second-order valence-electron chi connectivity index (χ2n) is 9.64. The van der Waals surface area contributed by atoms with Crippen LogP contribution in [0.3, 0.4) is 0 Å². The lowest BCUT2D eigenvalue weighted by atomic mass is 10.2. The van der Waals surface area contributed by atoms with Gasteiger partial charge in [-0.15, -0.1) is 11.3 Å². The lowest BCUT2D eigenvalue weighted by molar-refractivity contribution is -0.160. The van der Waals surface area contributed by atoms with Crippen molar-refractivity contribution in [3.8, 4) is 23.0 Å². The average molecular weight is 562 g/mol. The average Bonchev–Trinajstić information content (AvgIpc) is 3.18. The summed E-state index contributed by atoms with van der Waals surface area (Å²) in [6.07, 6.45) is 0. The number of esters is 1. The van der Waals surface area contributed by atoms with Gasteiger partial charge in [-0.2, -0.15) is 0 Å². The highest BCUT2D eigenvalue weighted by molar-refractivity contribution is 7.19. The van der Waals surface area contributed by atoms with E-state index in [1.807, 2.05) is 78.9 Å². The van der Waals surface area contributed by atoms with E-state index in [9.17, 15) is 9.90 Å². The highest BCUT2D eigenvalue weighted by Crippen LogP contribution is 2.41. The molecule has 0 aliphatic carbocycles. The van der Waals surface area contributed by atoms with Crippen molar-refractivity contribution < 1.29 is 33.6 Å². The summed E-state index contributed by atoms with van der Waals surface area (Å²) in [4.78, 5) is 14.7. The molecule has 0 radical (unpaired) electrons. The Hall–Kier alpha value is -2.85. The van der Waals surface area contributed by atoms with Crippen molar-refractivity contribution in [2.45, 2.75) is 47.1 Å². The fourth-order valence-electron chi connectivity index (χ4n) is 3.43.